The van der Waals surface area contributed by atoms with Crippen LogP contribution in [0.2, 0.25) is 0 Å². The summed E-state index contributed by atoms with van der Waals surface area (Å²) >= 11 is 0. The van der Waals surface area contributed by atoms with Crippen molar-refractivity contribution in [3.8, 4) is 0 Å². The Morgan fingerprint density at radius 3 is 2.26 bits per heavy atom. The maximum Gasteiger partial charge on any atom is 0.339 e. The van der Waals surface area contributed by atoms with E-state index < -0.39 is 23.1 Å². The van der Waals surface area contributed by atoms with E-state index in [9.17, 15) is 24.7 Å². The fourth-order valence-corrected chi connectivity index (χ4v) is 4.68. The summed E-state index contributed by atoms with van der Waals surface area (Å²) in [6, 6.07) is 16.8. The quantitative estimate of drug-likeness (QED) is 0.269. The van der Waals surface area contributed by atoms with E-state index in [2.05, 4.69) is 5.32 Å². The van der Waals surface area contributed by atoms with E-state index in [-0.39, 0.29) is 31.5 Å². The summed E-state index contributed by atoms with van der Waals surface area (Å²) in [6.07, 6.45) is 3.11. The van der Waals surface area contributed by atoms with Gasteiger partial charge in [-0.15, -0.1) is 0 Å². The molecule has 1 aliphatic carbocycles. The highest BCUT2D eigenvalue weighted by Crippen LogP contribution is 2.48. The van der Waals surface area contributed by atoms with Crippen LogP contribution in [0.4, 0.5) is 5.69 Å². The third-order valence-electron chi connectivity index (χ3n) is 6.68. The Bertz CT molecular complexity index is 1280. The van der Waals surface area contributed by atoms with Crippen LogP contribution >= 0.6 is 0 Å². The predicted octanol–water partition coefficient (Wildman–Crippen LogP) is 2.86. The van der Waals surface area contributed by atoms with Crippen molar-refractivity contribution in [1.29, 1.82) is 0 Å². The van der Waals surface area contributed by atoms with Crippen LogP contribution in [-0.4, -0.2) is 28.4 Å². The van der Waals surface area contributed by atoms with Crippen LogP contribution in [0.15, 0.2) is 73.1 Å². The third kappa shape index (κ3) is 3.72. The molecule has 8 heteroatoms. The number of amides is 1. The number of ether oxygens (including phenoxy) is 1. The molecular weight excluding hydrogens is 436 g/mol. The SMILES string of the molecule is O=C(c1ccccc1)c1ccc(NC(=O)[C@]2(O)CC[C@]3(CC2)OC(=O)c2cc[n+]([O-])cc23)cc1. The number of ketones is 1. The first-order valence-corrected chi connectivity index (χ1v) is 11.0. The second-order valence-corrected chi connectivity index (χ2v) is 8.77. The average Bonchev–Trinajstić information content (AvgIpc) is 3.12. The van der Waals surface area contributed by atoms with Gasteiger partial charge in [0.2, 0.25) is 0 Å². The number of hydrogen-bond donors (Lipinski definition) is 2. The van der Waals surface area contributed by atoms with Crippen LogP contribution in [0.5, 0.6) is 0 Å². The minimum absolute atomic E-state index is 0.0594. The van der Waals surface area contributed by atoms with Gasteiger partial charge in [0.05, 0.1) is 11.1 Å². The molecule has 1 saturated carbocycles. The van der Waals surface area contributed by atoms with Gasteiger partial charge in [-0.3, -0.25) is 9.59 Å². The molecule has 0 unspecified atom stereocenters. The molecule has 0 saturated heterocycles. The van der Waals surface area contributed by atoms with Crippen molar-refractivity contribution in [3.05, 3.63) is 101 Å². The van der Waals surface area contributed by atoms with E-state index in [0.29, 0.717) is 32.7 Å². The molecule has 34 heavy (non-hydrogen) atoms. The molecule has 8 nitrogen and oxygen atoms in total. The van der Waals surface area contributed by atoms with Gasteiger partial charge in [-0.05, 0) is 49.9 Å². The van der Waals surface area contributed by atoms with Crippen molar-refractivity contribution in [2.24, 2.45) is 0 Å². The van der Waals surface area contributed by atoms with Crippen molar-refractivity contribution < 1.29 is 29.0 Å². The van der Waals surface area contributed by atoms with Crippen LogP contribution in [0.1, 0.15) is 57.5 Å². The first-order valence-electron chi connectivity index (χ1n) is 11.0. The number of benzene rings is 2. The molecule has 5 rings (SSSR count). The molecule has 2 heterocycles. The molecule has 2 aliphatic rings. The highest BCUT2D eigenvalue weighted by atomic mass is 16.6. The summed E-state index contributed by atoms with van der Waals surface area (Å²) in [5.74, 6) is -1.20. The zero-order valence-corrected chi connectivity index (χ0v) is 18.2. The maximum atomic E-state index is 12.9. The van der Waals surface area contributed by atoms with Gasteiger partial charge >= 0.3 is 5.97 Å². The molecular formula is C26H22N2O6. The Hall–Kier alpha value is -4.04. The molecule has 1 amide bonds. The van der Waals surface area contributed by atoms with Gasteiger partial charge in [0.15, 0.2) is 18.2 Å². The third-order valence-corrected chi connectivity index (χ3v) is 6.68. The summed E-state index contributed by atoms with van der Waals surface area (Å²) in [5, 5.41) is 25.5. The summed E-state index contributed by atoms with van der Waals surface area (Å²) < 4.78 is 6.23. The summed E-state index contributed by atoms with van der Waals surface area (Å²) in [6.45, 7) is 0. The number of rotatable bonds is 4. The Morgan fingerprint density at radius 1 is 0.941 bits per heavy atom. The number of anilines is 1. The summed E-state index contributed by atoms with van der Waals surface area (Å²) in [7, 11) is 0. The normalized spacial score (nSPS) is 23.3. The lowest BCUT2D eigenvalue weighted by molar-refractivity contribution is -0.606. The number of nitrogens with one attached hydrogen (secondary N) is 1. The number of carbonyl (C=O) groups excluding carboxylic acids is 3. The van der Waals surface area contributed by atoms with Gasteiger partial charge in [-0.2, -0.15) is 4.73 Å². The van der Waals surface area contributed by atoms with E-state index in [1.165, 1.54) is 18.5 Å². The lowest BCUT2D eigenvalue weighted by Gasteiger charge is -2.39. The smallest absolute Gasteiger partial charge is 0.339 e. The number of pyridine rings is 1. The number of esters is 1. The van der Waals surface area contributed by atoms with Gasteiger partial charge in [-0.1, -0.05) is 30.3 Å². The van der Waals surface area contributed by atoms with Crippen molar-refractivity contribution in [1.82, 2.24) is 0 Å². The number of aliphatic hydroxyl groups is 1. The maximum absolute atomic E-state index is 12.9. The number of fused-ring (bicyclic) bond motifs is 2. The standard InChI is InChI=1S/C26H22N2O6/c29-22(17-4-2-1-3-5-17)18-6-8-19(9-7-18)27-24(31)25(32)11-13-26(14-12-25)21-16-28(33)15-10-20(21)23(30)34-26/h1-10,15-16,32H,11-14H2,(H,27,31)/t25-,26+. The molecule has 2 aromatic carbocycles. The van der Waals surface area contributed by atoms with Crippen LogP contribution in [0, 0.1) is 5.21 Å². The van der Waals surface area contributed by atoms with Gasteiger partial charge in [0, 0.05) is 22.9 Å². The largest absolute Gasteiger partial charge is 0.619 e. The van der Waals surface area contributed by atoms with Crippen LogP contribution < -0.4 is 10.0 Å². The number of carbonyl (C=O) groups is 3. The highest BCUT2D eigenvalue weighted by molar-refractivity contribution is 6.09. The van der Waals surface area contributed by atoms with Crippen LogP contribution in [-0.2, 0) is 15.1 Å². The summed E-state index contributed by atoms with van der Waals surface area (Å²) in [5.41, 5.74) is -0.315. The van der Waals surface area contributed by atoms with Crippen LogP contribution in [0.3, 0.4) is 0 Å². The van der Waals surface area contributed by atoms with Crippen molar-refractivity contribution in [2.45, 2.75) is 36.9 Å². The molecule has 3 aromatic rings. The van der Waals surface area contributed by atoms with Crippen LogP contribution in [0.25, 0.3) is 0 Å². The lowest BCUT2D eigenvalue weighted by atomic mass is 9.73. The van der Waals surface area contributed by atoms with E-state index in [0.717, 1.165) is 0 Å². The zero-order chi connectivity index (χ0) is 23.9. The van der Waals surface area contributed by atoms with Crippen molar-refractivity contribution >= 4 is 23.3 Å². The van der Waals surface area contributed by atoms with E-state index >= 15 is 0 Å². The molecule has 0 radical (unpaired) electrons. The monoisotopic (exact) mass is 458 g/mol. The number of nitrogens with zero attached hydrogens (tertiary/aromatic N) is 1. The average molecular weight is 458 g/mol. The Kier molecular flexibility index (Phi) is 5.17. The van der Waals surface area contributed by atoms with Gasteiger partial charge in [0.25, 0.3) is 5.91 Å². The first-order chi connectivity index (χ1) is 16.3. The first kappa shape index (κ1) is 21.8. The minimum atomic E-state index is -1.65. The fourth-order valence-electron chi connectivity index (χ4n) is 4.68. The Morgan fingerprint density at radius 2 is 1.59 bits per heavy atom. The fraction of sp³-hybridized carbons (Fsp3) is 0.231. The lowest BCUT2D eigenvalue weighted by Crippen LogP contribution is -2.49. The van der Waals surface area contributed by atoms with E-state index in [1.807, 2.05) is 6.07 Å². The Labute approximate surface area is 195 Å². The zero-order valence-electron chi connectivity index (χ0n) is 18.2. The van der Waals surface area contributed by atoms with E-state index in [1.54, 1.807) is 48.5 Å². The minimum Gasteiger partial charge on any atom is -0.619 e. The molecule has 0 atom stereocenters. The van der Waals surface area contributed by atoms with Gasteiger partial charge in [0.1, 0.15) is 11.2 Å². The number of aromatic nitrogens is 1. The molecule has 172 valence electrons. The van der Waals surface area contributed by atoms with Crippen molar-refractivity contribution in [3.63, 3.8) is 0 Å². The molecule has 2 N–H and O–H groups in total. The molecule has 1 fully saturated rings. The Balaban J connectivity index is 1.26. The topological polar surface area (TPSA) is 120 Å². The second-order valence-electron chi connectivity index (χ2n) is 8.77. The predicted molar refractivity (Wildman–Crippen MR) is 121 cm³/mol. The van der Waals surface area contributed by atoms with E-state index in [4.69, 9.17) is 4.74 Å². The molecule has 1 spiro atoms. The summed E-state index contributed by atoms with van der Waals surface area (Å²) in [4.78, 5) is 37.7. The second kappa shape index (κ2) is 8.07. The number of hydrogen-bond acceptors (Lipinski definition) is 6. The van der Waals surface area contributed by atoms with Crippen molar-refractivity contribution in [2.75, 3.05) is 5.32 Å². The highest BCUT2D eigenvalue weighted by Gasteiger charge is 2.54. The van der Waals surface area contributed by atoms with Gasteiger partial charge < -0.3 is 20.4 Å². The van der Waals surface area contributed by atoms with Gasteiger partial charge in [-0.25, -0.2) is 4.79 Å². The molecule has 1 aromatic heterocycles. The molecule has 1 aliphatic heterocycles. The molecule has 0 bridgehead atoms.